The largest absolute Gasteiger partial charge is 0.462 e. The molecule has 2 atom stereocenters. The van der Waals surface area contributed by atoms with E-state index >= 15 is 0 Å². The Morgan fingerprint density at radius 3 is 2.82 bits per heavy atom. The molecule has 1 aliphatic heterocycles. The van der Waals surface area contributed by atoms with Crippen molar-refractivity contribution in [2.24, 2.45) is 5.41 Å². The van der Waals surface area contributed by atoms with Crippen molar-refractivity contribution in [1.82, 2.24) is 0 Å². The minimum atomic E-state index is -0.202. The second-order valence-corrected chi connectivity index (χ2v) is 3.67. The highest BCUT2D eigenvalue weighted by Crippen LogP contribution is 2.34. The Balaban J connectivity index is 2.64. The van der Waals surface area contributed by atoms with Crippen LogP contribution >= 0.6 is 0 Å². The fraction of sp³-hybridized carbons (Fsp3) is 0.889. The lowest BCUT2D eigenvalue weighted by Gasteiger charge is -2.33. The first-order valence-electron chi connectivity index (χ1n) is 4.29. The van der Waals surface area contributed by atoms with Crippen LogP contribution in [0.5, 0.6) is 0 Å². The second kappa shape index (κ2) is 2.84. The summed E-state index contributed by atoms with van der Waals surface area (Å²) < 4.78 is 5.15. The number of carbonyl (C=O) groups excluding carboxylic acids is 1. The van der Waals surface area contributed by atoms with Gasteiger partial charge in [0.15, 0.2) is 0 Å². The molecule has 0 bridgehead atoms. The van der Waals surface area contributed by atoms with Crippen LogP contribution in [0.3, 0.4) is 0 Å². The average molecular weight is 156 g/mol. The molecule has 11 heavy (non-hydrogen) atoms. The van der Waals surface area contributed by atoms with E-state index in [1.165, 1.54) is 0 Å². The molecule has 0 aromatic carbocycles. The maximum Gasteiger partial charge on any atom is 0.312 e. The Bertz CT molecular complexity index is 165. The van der Waals surface area contributed by atoms with E-state index in [0.29, 0.717) is 0 Å². The van der Waals surface area contributed by atoms with Gasteiger partial charge in [-0.1, -0.05) is 6.92 Å². The molecule has 1 saturated heterocycles. The molecule has 0 saturated carbocycles. The van der Waals surface area contributed by atoms with E-state index in [9.17, 15) is 4.79 Å². The maximum absolute atomic E-state index is 11.3. The van der Waals surface area contributed by atoms with Gasteiger partial charge < -0.3 is 4.74 Å². The van der Waals surface area contributed by atoms with Crippen molar-refractivity contribution in [3.8, 4) is 0 Å². The van der Waals surface area contributed by atoms with Crippen LogP contribution in [0, 0.1) is 5.41 Å². The number of ether oxygens (including phenoxy) is 1. The normalized spacial score (nSPS) is 38.5. The van der Waals surface area contributed by atoms with Gasteiger partial charge in [0.05, 0.1) is 11.5 Å². The molecule has 1 fully saturated rings. The van der Waals surface area contributed by atoms with Crippen molar-refractivity contribution in [3.63, 3.8) is 0 Å². The number of carbonyl (C=O) groups is 1. The molecular weight excluding hydrogens is 140 g/mol. The summed E-state index contributed by atoms with van der Waals surface area (Å²) in [6, 6.07) is 0. The molecule has 0 aromatic heterocycles. The Labute approximate surface area is 67.9 Å². The summed E-state index contributed by atoms with van der Waals surface area (Å²) in [6.07, 6.45) is 3.00. The molecule has 0 aliphatic carbocycles. The molecule has 64 valence electrons. The van der Waals surface area contributed by atoms with Crippen LogP contribution in [-0.2, 0) is 9.53 Å². The zero-order valence-electron chi connectivity index (χ0n) is 7.52. The highest BCUT2D eigenvalue weighted by atomic mass is 16.5. The SMILES string of the molecule is CCC1(C)CCC(C)OC1=O. The third-order valence-corrected chi connectivity index (χ3v) is 2.68. The predicted molar refractivity (Wildman–Crippen MR) is 43.2 cm³/mol. The van der Waals surface area contributed by atoms with Gasteiger partial charge in [0.2, 0.25) is 0 Å². The van der Waals surface area contributed by atoms with E-state index < -0.39 is 0 Å². The summed E-state index contributed by atoms with van der Waals surface area (Å²) in [6.45, 7) is 5.98. The number of rotatable bonds is 1. The third-order valence-electron chi connectivity index (χ3n) is 2.68. The third kappa shape index (κ3) is 1.55. The van der Waals surface area contributed by atoms with Crippen LogP contribution in [0.15, 0.2) is 0 Å². The predicted octanol–water partition coefficient (Wildman–Crippen LogP) is 2.13. The molecule has 0 aromatic rings. The number of hydrogen-bond donors (Lipinski definition) is 0. The van der Waals surface area contributed by atoms with Gasteiger partial charge in [-0.05, 0) is 33.1 Å². The highest BCUT2D eigenvalue weighted by Gasteiger charge is 2.37. The molecule has 0 radical (unpaired) electrons. The maximum atomic E-state index is 11.3. The van der Waals surface area contributed by atoms with E-state index in [-0.39, 0.29) is 17.5 Å². The number of hydrogen-bond acceptors (Lipinski definition) is 2. The standard InChI is InChI=1S/C9H16O2/c1-4-9(3)6-5-7(2)11-8(9)10/h7H,4-6H2,1-3H3. The number of esters is 1. The molecule has 1 aliphatic rings. The Morgan fingerprint density at radius 2 is 2.36 bits per heavy atom. The minimum absolute atomic E-state index is 0.0150. The van der Waals surface area contributed by atoms with Gasteiger partial charge in [0, 0.05) is 0 Å². The van der Waals surface area contributed by atoms with Gasteiger partial charge in [0.1, 0.15) is 0 Å². The number of cyclic esters (lactones) is 1. The Morgan fingerprint density at radius 1 is 1.73 bits per heavy atom. The van der Waals surface area contributed by atoms with Crippen LogP contribution in [0.2, 0.25) is 0 Å². The van der Waals surface area contributed by atoms with Crippen molar-refractivity contribution in [2.45, 2.75) is 46.1 Å². The molecule has 1 heterocycles. The van der Waals surface area contributed by atoms with E-state index in [4.69, 9.17) is 4.74 Å². The summed E-state index contributed by atoms with van der Waals surface area (Å²) in [5.74, 6) is -0.0150. The van der Waals surface area contributed by atoms with Crippen molar-refractivity contribution >= 4 is 5.97 Å². The fourth-order valence-electron chi connectivity index (χ4n) is 1.33. The second-order valence-electron chi connectivity index (χ2n) is 3.67. The average Bonchev–Trinajstić information content (AvgIpc) is 1.98. The van der Waals surface area contributed by atoms with E-state index in [0.717, 1.165) is 19.3 Å². The van der Waals surface area contributed by atoms with Gasteiger partial charge in [-0.25, -0.2) is 0 Å². The smallest absolute Gasteiger partial charge is 0.312 e. The minimum Gasteiger partial charge on any atom is -0.462 e. The van der Waals surface area contributed by atoms with Crippen molar-refractivity contribution < 1.29 is 9.53 Å². The molecule has 0 N–H and O–H groups in total. The van der Waals surface area contributed by atoms with Gasteiger partial charge in [-0.2, -0.15) is 0 Å². The monoisotopic (exact) mass is 156 g/mol. The molecule has 0 amide bonds. The highest BCUT2D eigenvalue weighted by molar-refractivity contribution is 5.77. The summed E-state index contributed by atoms with van der Waals surface area (Å²) in [7, 11) is 0. The van der Waals surface area contributed by atoms with E-state index in [2.05, 4.69) is 0 Å². The quantitative estimate of drug-likeness (QED) is 0.543. The van der Waals surface area contributed by atoms with Gasteiger partial charge in [-0.15, -0.1) is 0 Å². The van der Waals surface area contributed by atoms with Crippen LogP contribution in [0.4, 0.5) is 0 Å². The lowest BCUT2D eigenvalue weighted by molar-refractivity contribution is -0.167. The van der Waals surface area contributed by atoms with Crippen LogP contribution < -0.4 is 0 Å². The van der Waals surface area contributed by atoms with Crippen LogP contribution in [0.1, 0.15) is 40.0 Å². The molecule has 2 unspecified atom stereocenters. The molecule has 1 rings (SSSR count). The van der Waals surface area contributed by atoms with Crippen LogP contribution in [0.25, 0.3) is 0 Å². The van der Waals surface area contributed by atoms with Gasteiger partial charge in [0.25, 0.3) is 0 Å². The lowest BCUT2D eigenvalue weighted by atomic mass is 9.80. The zero-order valence-corrected chi connectivity index (χ0v) is 7.52. The molecule has 2 nitrogen and oxygen atoms in total. The molecule has 2 heteroatoms. The fourth-order valence-corrected chi connectivity index (χ4v) is 1.33. The first-order chi connectivity index (χ1) is 5.08. The van der Waals surface area contributed by atoms with E-state index in [1.807, 2.05) is 20.8 Å². The van der Waals surface area contributed by atoms with E-state index in [1.54, 1.807) is 0 Å². The Kier molecular flexibility index (Phi) is 2.21. The first kappa shape index (κ1) is 8.57. The zero-order chi connectivity index (χ0) is 8.48. The first-order valence-corrected chi connectivity index (χ1v) is 4.29. The van der Waals surface area contributed by atoms with Crippen molar-refractivity contribution in [1.29, 1.82) is 0 Å². The summed E-state index contributed by atoms with van der Waals surface area (Å²) in [4.78, 5) is 11.3. The van der Waals surface area contributed by atoms with Crippen molar-refractivity contribution in [2.75, 3.05) is 0 Å². The summed E-state index contributed by atoms with van der Waals surface area (Å²) >= 11 is 0. The lowest BCUT2D eigenvalue weighted by Crippen LogP contribution is -2.37. The molecular formula is C9H16O2. The van der Waals surface area contributed by atoms with Crippen LogP contribution in [-0.4, -0.2) is 12.1 Å². The van der Waals surface area contributed by atoms with Gasteiger partial charge in [-0.3, -0.25) is 4.79 Å². The Hall–Kier alpha value is -0.530. The summed E-state index contributed by atoms with van der Waals surface area (Å²) in [5, 5.41) is 0. The van der Waals surface area contributed by atoms with Gasteiger partial charge >= 0.3 is 5.97 Å². The molecule has 0 spiro atoms. The topological polar surface area (TPSA) is 26.3 Å². The summed E-state index contributed by atoms with van der Waals surface area (Å²) in [5.41, 5.74) is -0.202. The van der Waals surface area contributed by atoms with Crippen molar-refractivity contribution in [3.05, 3.63) is 0 Å².